The largest absolute Gasteiger partial charge is 0.321 e. The van der Waals surface area contributed by atoms with Gasteiger partial charge in [0.25, 0.3) is 5.91 Å². The van der Waals surface area contributed by atoms with E-state index in [0.717, 1.165) is 0 Å². The van der Waals surface area contributed by atoms with E-state index in [0.29, 0.717) is 22.4 Å². The van der Waals surface area contributed by atoms with Gasteiger partial charge >= 0.3 is 0 Å². The summed E-state index contributed by atoms with van der Waals surface area (Å²) in [5.41, 5.74) is 2.42. The molecule has 0 fully saturated rings. The Hall–Kier alpha value is -3.60. The number of amides is 1. The van der Waals surface area contributed by atoms with Gasteiger partial charge in [0.2, 0.25) is 6.54 Å². The van der Waals surface area contributed by atoms with Crippen LogP contribution < -0.4 is 9.88 Å². The Morgan fingerprint density at radius 2 is 1.37 bits per heavy atom. The first-order chi connectivity index (χ1) is 13.0. The molecular formula is C22H19N2O3+. The molecule has 0 bridgehead atoms. The molecule has 0 aliphatic rings. The molecule has 5 nitrogen and oxygen atoms in total. The molecule has 3 aromatic rings. The summed E-state index contributed by atoms with van der Waals surface area (Å²) in [7, 11) is 0. The van der Waals surface area contributed by atoms with E-state index in [4.69, 9.17) is 0 Å². The van der Waals surface area contributed by atoms with Crippen LogP contribution in [0.15, 0.2) is 79.1 Å². The second kappa shape index (κ2) is 8.19. The standard InChI is InChI=1S/C22H18N2O3/c1-16(25)17-7-9-20(10-8-17)23-21(26)15-24-13-11-19(12-14-24)22(27)18-5-3-2-4-6-18/h2-14H,15H2,1H3/p+1. The van der Waals surface area contributed by atoms with E-state index in [1.54, 1.807) is 65.5 Å². The minimum atomic E-state index is -0.197. The zero-order chi connectivity index (χ0) is 19.2. The molecule has 0 saturated heterocycles. The van der Waals surface area contributed by atoms with Crippen molar-refractivity contribution in [2.75, 3.05) is 5.32 Å². The van der Waals surface area contributed by atoms with Crippen LogP contribution in [0, 0.1) is 0 Å². The fourth-order valence-corrected chi connectivity index (χ4v) is 2.62. The van der Waals surface area contributed by atoms with Gasteiger partial charge in [-0.15, -0.1) is 0 Å². The number of ketones is 2. The summed E-state index contributed by atoms with van der Waals surface area (Å²) in [5.74, 6) is -0.274. The first-order valence-electron chi connectivity index (χ1n) is 8.52. The summed E-state index contributed by atoms with van der Waals surface area (Å²) in [4.78, 5) is 35.8. The molecule has 1 amide bonds. The topological polar surface area (TPSA) is 67.1 Å². The smallest absolute Gasteiger partial charge is 0.290 e. The van der Waals surface area contributed by atoms with Gasteiger partial charge in [-0.3, -0.25) is 14.4 Å². The van der Waals surface area contributed by atoms with Crippen LogP contribution in [-0.4, -0.2) is 17.5 Å². The number of hydrogen-bond acceptors (Lipinski definition) is 3. The average molecular weight is 359 g/mol. The molecule has 1 aromatic heterocycles. The van der Waals surface area contributed by atoms with E-state index in [1.807, 2.05) is 18.2 Å². The fourth-order valence-electron chi connectivity index (χ4n) is 2.62. The number of carbonyl (C=O) groups is 3. The second-order valence-electron chi connectivity index (χ2n) is 6.14. The number of nitrogens with one attached hydrogen (secondary N) is 1. The number of pyridine rings is 1. The third-order valence-electron chi connectivity index (χ3n) is 4.09. The zero-order valence-corrected chi connectivity index (χ0v) is 14.9. The van der Waals surface area contributed by atoms with Crippen molar-refractivity contribution in [2.45, 2.75) is 13.5 Å². The van der Waals surface area contributed by atoms with Crippen LogP contribution >= 0.6 is 0 Å². The third-order valence-corrected chi connectivity index (χ3v) is 4.09. The van der Waals surface area contributed by atoms with E-state index in [9.17, 15) is 14.4 Å². The second-order valence-corrected chi connectivity index (χ2v) is 6.14. The highest BCUT2D eigenvalue weighted by Crippen LogP contribution is 2.10. The molecule has 0 unspecified atom stereocenters. The van der Waals surface area contributed by atoms with Crippen molar-refractivity contribution in [1.82, 2.24) is 0 Å². The monoisotopic (exact) mass is 359 g/mol. The predicted molar refractivity (Wildman–Crippen MR) is 102 cm³/mol. The van der Waals surface area contributed by atoms with Crippen molar-refractivity contribution < 1.29 is 19.0 Å². The molecule has 1 heterocycles. The molecule has 1 N–H and O–H groups in total. The van der Waals surface area contributed by atoms with Crippen LogP contribution in [0.4, 0.5) is 5.69 Å². The lowest BCUT2D eigenvalue weighted by Gasteiger charge is -2.04. The van der Waals surface area contributed by atoms with Crippen molar-refractivity contribution in [2.24, 2.45) is 0 Å². The first-order valence-corrected chi connectivity index (χ1v) is 8.52. The Kier molecular flexibility index (Phi) is 5.52. The van der Waals surface area contributed by atoms with Gasteiger partial charge in [-0.25, -0.2) is 0 Å². The predicted octanol–water partition coefficient (Wildman–Crippen LogP) is 3.05. The van der Waals surface area contributed by atoms with Crippen LogP contribution in [0.25, 0.3) is 0 Å². The molecule has 0 spiro atoms. The molecule has 0 atom stereocenters. The number of carbonyl (C=O) groups excluding carboxylic acids is 3. The minimum absolute atomic E-state index is 0.0198. The van der Waals surface area contributed by atoms with Crippen LogP contribution in [0.5, 0.6) is 0 Å². The summed E-state index contributed by atoms with van der Waals surface area (Å²) in [6.07, 6.45) is 3.41. The number of nitrogens with zero attached hydrogens (tertiary/aromatic N) is 1. The normalized spacial score (nSPS) is 10.3. The average Bonchev–Trinajstić information content (AvgIpc) is 2.69. The van der Waals surface area contributed by atoms with Crippen LogP contribution in [-0.2, 0) is 11.3 Å². The minimum Gasteiger partial charge on any atom is -0.321 e. The highest BCUT2D eigenvalue weighted by atomic mass is 16.2. The van der Waals surface area contributed by atoms with Crippen molar-refractivity contribution in [3.63, 3.8) is 0 Å². The maximum absolute atomic E-state index is 12.4. The van der Waals surface area contributed by atoms with E-state index in [2.05, 4.69) is 5.32 Å². The van der Waals surface area contributed by atoms with Crippen LogP contribution in [0.2, 0.25) is 0 Å². The number of hydrogen-bond donors (Lipinski definition) is 1. The van der Waals surface area contributed by atoms with Crippen molar-refractivity contribution >= 4 is 23.2 Å². The zero-order valence-electron chi connectivity index (χ0n) is 14.9. The lowest BCUT2D eigenvalue weighted by Crippen LogP contribution is -2.39. The Balaban J connectivity index is 1.61. The first kappa shape index (κ1) is 18.2. The summed E-state index contributed by atoms with van der Waals surface area (Å²) < 4.78 is 1.70. The van der Waals surface area contributed by atoms with E-state index in [1.165, 1.54) is 6.92 Å². The third kappa shape index (κ3) is 4.73. The number of anilines is 1. The highest BCUT2D eigenvalue weighted by molar-refractivity contribution is 6.08. The quantitative estimate of drug-likeness (QED) is 0.543. The van der Waals surface area contributed by atoms with Crippen molar-refractivity contribution in [3.05, 3.63) is 95.8 Å². The van der Waals surface area contributed by atoms with Crippen molar-refractivity contribution in [1.29, 1.82) is 0 Å². The summed E-state index contributed by atoms with van der Waals surface area (Å²) >= 11 is 0. The molecule has 2 aromatic carbocycles. The molecule has 0 aliphatic heterocycles. The van der Waals surface area contributed by atoms with Gasteiger partial charge in [-0.2, -0.15) is 4.57 Å². The van der Waals surface area contributed by atoms with Gasteiger partial charge < -0.3 is 5.32 Å². The van der Waals surface area contributed by atoms with Crippen LogP contribution in [0.3, 0.4) is 0 Å². The number of Topliss-reactive ketones (excluding diaryl/α,β-unsaturated/α-hetero) is 1. The SMILES string of the molecule is CC(=O)c1ccc(NC(=O)C[n+]2ccc(C(=O)c3ccccc3)cc2)cc1. The fraction of sp³-hybridized carbons (Fsp3) is 0.0909. The van der Waals surface area contributed by atoms with Crippen molar-refractivity contribution in [3.8, 4) is 0 Å². The lowest BCUT2D eigenvalue weighted by molar-refractivity contribution is -0.684. The van der Waals surface area contributed by atoms with Crippen LogP contribution in [0.1, 0.15) is 33.2 Å². The van der Waals surface area contributed by atoms with E-state index >= 15 is 0 Å². The highest BCUT2D eigenvalue weighted by Gasteiger charge is 2.13. The number of aromatic nitrogens is 1. The Morgan fingerprint density at radius 1 is 0.778 bits per heavy atom. The van der Waals surface area contributed by atoms with Gasteiger partial charge in [0.05, 0.1) is 0 Å². The molecule has 134 valence electrons. The molecule has 0 radical (unpaired) electrons. The summed E-state index contributed by atoms with van der Waals surface area (Å²) in [6, 6.07) is 19.2. The van der Waals surface area contributed by atoms with Gasteiger partial charge in [0, 0.05) is 34.5 Å². The molecule has 3 rings (SSSR count). The molecule has 5 heteroatoms. The molecule has 27 heavy (non-hydrogen) atoms. The maximum Gasteiger partial charge on any atom is 0.290 e. The summed E-state index contributed by atoms with van der Waals surface area (Å²) in [6.45, 7) is 1.62. The Labute approximate surface area is 157 Å². The number of benzene rings is 2. The molecule has 0 aliphatic carbocycles. The van der Waals surface area contributed by atoms with Gasteiger partial charge in [0.1, 0.15) is 0 Å². The Bertz CT molecular complexity index is 963. The van der Waals surface area contributed by atoms with E-state index in [-0.39, 0.29) is 24.0 Å². The molecule has 0 saturated carbocycles. The Morgan fingerprint density at radius 3 is 1.96 bits per heavy atom. The number of rotatable bonds is 6. The maximum atomic E-state index is 12.4. The van der Waals surface area contributed by atoms with Gasteiger partial charge in [0.15, 0.2) is 24.0 Å². The summed E-state index contributed by atoms with van der Waals surface area (Å²) in [5, 5.41) is 2.78. The molecular weight excluding hydrogens is 340 g/mol. The van der Waals surface area contributed by atoms with Gasteiger partial charge in [-0.05, 0) is 31.2 Å². The lowest BCUT2D eigenvalue weighted by atomic mass is 10.0. The van der Waals surface area contributed by atoms with Gasteiger partial charge in [-0.1, -0.05) is 30.3 Å². The van der Waals surface area contributed by atoms with E-state index < -0.39 is 0 Å².